The minimum Gasteiger partial charge on any atom is -0.314 e. The van der Waals surface area contributed by atoms with E-state index in [9.17, 15) is 0 Å². The van der Waals surface area contributed by atoms with Crippen molar-refractivity contribution in [2.75, 3.05) is 18.6 Å². The van der Waals surface area contributed by atoms with Crippen LogP contribution in [0.3, 0.4) is 0 Å². The molecule has 1 N–H and O–H groups in total. The summed E-state index contributed by atoms with van der Waals surface area (Å²) in [7, 11) is 1.99. The third kappa shape index (κ3) is 4.71. The molecule has 1 unspecified atom stereocenters. The van der Waals surface area contributed by atoms with Gasteiger partial charge < -0.3 is 5.32 Å². The van der Waals surface area contributed by atoms with E-state index in [0.29, 0.717) is 6.04 Å². The minimum absolute atomic E-state index is 0.616. The zero-order valence-electron chi connectivity index (χ0n) is 9.86. The van der Waals surface area contributed by atoms with Crippen molar-refractivity contribution in [2.45, 2.75) is 25.8 Å². The highest BCUT2D eigenvalue weighted by Crippen LogP contribution is 2.01. The Bertz CT molecular complexity index is 273. The van der Waals surface area contributed by atoms with E-state index < -0.39 is 0 Å². The smallest absolute Gasteiger partial charge is 0.0492 e. The first kappa shape index (κ1) is 12.6. The number of rotatable bonds is 7. The molecule has 1 heterocycles. The topological polar surface area (TPSA) is 29.9 Å². The van der Waals surface area contributed by atoms with Crippen LogP contribution in [0.25, 0.3) is 0 Å². The average Bonchev–Trinajstić information content (AvgIpc) is 2.61. The molecule has 1 atom stereocenters. The molecule has 0 amide bonds. The molecule has 0 saturated carbocycles. The van der Waals surface area contributed by atoms with Crippen molar-refractivity contribution in [1.29, 1.82) is 0 Å². The fourth-order valence-electron chi connectivity index (χ4n) is 1.49. The molecule has 0 bridgehead atoms. The number of thioether (sulfide) groups is 1. The summed E-state index contributed by atoms with van der Waals surface area (Å²) in [5.41, 5.74) is 1.29. The SMILES string of the molecule is CSCCC(C)NCCc1ccnn1C. The van der Waals surface area contributed by atoms with E-state index in [1.165, 1.54) is 17.9 Å². The molecule has 3 nitrogen and oxygen atoms in total. The van der Waals surface area contributed by atoms with Gasteiger partial charge in [0, 0.05) is 37.9 Å². The van der Waals surface area contributed by atoms with E-state index in [1.54, 1.807) is 0 Å². The number of hydrogen-bond donors (Lipinski definition) is 1. The van der Waals surface area contributed by atoms with Crippen LogP contribution in [0.4, 0.5) is 0 Å². The summed E-state index contributed by atoms with van der Waals surface area (Å²) in [4.78, 5) is 0. The van der Waals surface area contributed by atoms with Crippen molar-refractivity contribution in [3.8, 4) is 0 Å². The molecule has 0 aliphatic carbocycles. The van der Waals surface area contributed by atoms with Gasteiger partial charge in [0.1, 0.15) is 0 Å². The van der Waals surface area contributed by atoms with E-state index in [-0.39, 0.29) is 0 Å². The van der Waals surface area contributed by atoms with Crippen molar-refractivity contribution in [3.05, 3.63) is 18.0 Å². The Hall–Kier alpha value is -0.480. The first-order chi connectivity index (χ1) is 7.24. The zero-order valence-corrected chi connectivity index (χ0v) is 10.7. The Labute approximate surface area is 96.6 Å². The van der Waals surface area contributed by atoms with Gasteiger partial charge in [0.2, 0.25) is 0 Å². The van der Waals surface area contributed by atoms with Gasteiger partial charge in [-0.3, -0.25) is 4.68 Å². The molecule has 0 spiro atoms. The third-order valence-electron chi connectivity index (χ3n) is 2.55. The molecule has 0 radical (unpaired) electrons. The fraction of sp³-hybridized carbons (Fsp3) is 0.727. The maximum atomic E-state index is 4.15. The fourth-order valence-corrected chi connectivity index (χ4v) is 2.08. The molecule has 1 aromatic heterocycles. The van der Waals surface area contributed by atoms with Crippen molar-refractivity contribution >= 4 is 11.8 Å². The standard InChI is InChI=1S/C11H21N3S/c1-10(6-9-15-3)12-7-4-11-5-8-13-14(11)2/h5,8,10,12H,4,6-7,9H2,1-3H3. The molecule has 0 aliphatic rings. The van der Waals surface area contributed by atoms with Gasteiger partial charge in [-0.25, -0.2) is 0 Å². The Kier molecular flexibility index (Phi) is 5.79. The number of hydrogen-bond acceptors (Lipinski definition) is 3. The second kappa shape index (κ2) is 6.90. The van der Waals surface area contributed by atoms with E-state index >= 15 is 0 Å². The van der Waals surface area contributed by atoms with Gasteiger partial charge in [0.25, 0.3) is 0 Å². The Balaban J connectivity index is 2.13. The number of aromatic nitrogens is 2. The van der Waals surface area contributed by atoms with Crippen LogP contribution in [0.1, 0.15) is 19.0 Å². The molecule has 15 heavy (non-hydrogen) atoms. The highest BCUT2D eigenvalue weighted by molar-refractivity contribution is 7.98. The van der Waals surface area contributed by atoms with E-state index in [0.717, 1.165) is 13.0 Å². The largest absolute Gasteiger partial charge is 0.314 e. The molecule has 1 aromatic rings. The van der Waals surface area contributed by atoms with Crippen LogP contribution >= 0.6 is 11.8 Å². The highest BCUT2D eigenvalue weighted by Gasteiger charge is 2.02. The summed E-state index contributed by atoms with van der Waals surface area (Å²) >= 11 is 1.91. The normalized spacial score (nSPS) is 13.0. The summed E-state index contributed by atoms with van der Waals surface area (Å²) in [5.74, 6) is 1.24. The number of nitrogens with zero attached hydrogens (tertiary/aromatic N) is 2. The monoisotopic (exact) mass is 227 g/mol. The van der Waals surface area contributed by atoms with Crippen LogP contribution in [0.2, 0.25) is 0 Å². The quantitative estimate of drug-likeness (QED) is 0.769. The van der Waals surface area contributed by atoms with Crippen molar-refractivity contribution in [2.24, 2.45) is 7.05 Å². The number of aryl methyl sites for hydroxylation is 1. The molecular weight excluding hydrogens is 206 g/mol. The third-order valence-corrected chi connectivity index (χ3v) is 3.20. The average molecular weight is 227 g/mol. The lowest BCUT2D eigenvalue weighted by Crippen LogP contribution is -2.28. The lowest BCUT2D eigenvalue weighted by molar-refractivity contribution is 0.532. The van der Waals surface area contributed by atoms with Crippen LogP contribution in [0.5, 0.6) is 0 Å². The summed E-state index contributed by atoms with van der Waals surface area (Å²) in [6.45, 7) is 3.29. The van der Waals surface area contributed by atoms with Crippen LogP contribution in [-0.2, 0) is 13.5 Å². The van der Waals surface area contributed by atoms with Gasteiger partial charge in [0.05, 0.1) is 0 Å². The van der Waals surface area contributed by atoms with E-state index in [4.69, 9.17) is 0 Å². The molecule has 0 aliphatic heterocycles. The van der Waals surface area contributed by atoms with Crippen LogP contribution < -0.4 is 5.32 Å². The molecule has 4 heteroatoms. The minimum atomic E-state index is 0.616. The predicted octanol–water partition coefficient (Wildman–Crippen LogP) is 1.69. The van der Waals surface area contributed by atoms with Gasteiger partial charge in [0.15, 0.2) is 0 Å². The summed E-state index contributed by atoms with van der Waals surface area (Å²) in [5, 5.41) is 7.68. The Morgan fingerprint density at radius 1 is 1.60 bits per heavy atom. The van der Waals surface area contributed by atoms with Crippen LogP contribution in [0.15, 0.2) is 12.3 Å². The summed E-state index contributed by atoms with van der Waals surface area (Å²) in [6.07, 6.45) is 6.31. The second-order valence-corrected chi connectivity index (χ2v) is 4.82. The van der Waals surface area contributed by atoms with Crippen molar-refractivity contribution < 1.29 is 0 Å². The number of nitrogens with one attached hydrogen (secondary N) is 1. The van der Waals surface area contributed by atoms with Crippen molar-refractivity contribution in [3.63, 3.8) is 0 Å². The lowest BCUT2D eigenvalue weighted by atomic mass is 10.2. The first-order valence-corrected chi connectivity index (χ1v) is 6.82. The van der Waals surface area contributed by atoms with Gasteiger partial charge in [-0.2, -0.15) is 16.9 Å². The summed E-state index contributed by atoms with van der Waals surface area (Å²) in [6, 6.07) is 2.69. The summed E-state index contributed by atoms with van der Waals surface area (Å²) < 4.78 is 1.94. The Morgan fingerprint density at radius 3 is 3.00 bits per heavy atom. The second-order valence-electron chi connectivity index (χ2n) is 3.83. The van der Waals surface area contributed by atoms with Gasteiger partial charge in [-0.1, -0.05) is 0 Å². The molecule has 0 aromatic carbocycles. The molecule has 0 fully saturated rings. The lowest BCUT2D eigenvalue weighted by Gasteiger charge is -2.12. The Morgan fingerprint density at radius 2 is 2.40 bits per heavy atom. The maximum Gasteiger partial charge on any atom is 0.0492 e. The van der Waals surface area contributed by atoms with E-state index in [1.807, 2.05) is 29.7 Å². The zero-order chi connectivity index (χ0) is 11.1. The van der Waals surface area contributed by atoms with E-state index in [2.05, 4.69) is 29.7 Å². The van der Waals surface area contributed by atoms with Crippen LogP contribution in [0, 0.1) is 0 Å². The van der Waals surface area contributed by atoms with Gasteiger partial charge in [-0.15, -0.1) is 0 Å². The van der Waals surface area contributed by atoms with Crippen LogP contribution in [-0.4, -0.2) is 34.4 Å². The van der Waals surface area contributed by atoms with Crippen molar-refractivity contribution in [1.82, 2.24) is 15.1 Å². The predicted molar refractivity (Wildman–Crippen MR) is 67.4 cm³/mol. The molecular formula is C11H21N3S. The maximum absolute atomic E-state index is 4.15. The first-order valence-electron chi connectivity index (χ1n) is 5.43. The molecule has 0 saturated heterocycles. The van der Waals surface area contributed by atoms with Gasteiger partial charge in [-0.05, 0) is 31.4 Å². The van der Waals surface area contributed by atoms with Gasteiger partial charge >= 0.3 is 0 Å². The molecule has 86 valence electrons. The molecule has 1 rings (SSSR count). The highest BCUT2D eigenvalue weighted by atomic mass is 32.2.